The van der Waals surface area contributed by atoms with Gasteiger partial charge in [-0.05, 0) is 19.9 Å². The van der Waals surface area contributed by atoms with Crippen molar-refractivity contribution in [2.45, 2.75) is 25.8 Å². The summed E-state index contributed by atoms with van der Waals surface area (Å²) in [5.41, 5.74) is 0.319. The van der Waals surface area contributed by atoms with Gasteiger partial charge in [0.25, 0.3) is 0 Å². The van der Waals surface area contributed by atoms with Crippen molar-refractivity contribution in [3.05, 3.63) is 0 Å². The van der Waals surface area contributed by atoms with Crippen LogP contribution in [0.3, 0.4) is 0 Å². The zero-order valence-corrected chi connectivity index (χ0v) is 11.2. The normalized spacial score (nSPS) is 35.3. The summed E-state index contributed by atoms with van der Waals surface area (Å²) in [5, 5.41) is 3.33. The number of ether oxygens (including phenoxy) is 2. The van der Waals surface area contributed by atoms with Gasteiger partial charge >= 0.3 is 0 Å². The summed E-state index contributed by atoms with van der Waals surface area (Å²) >= 11 is 0. The summed E-state index contributed by atoms with van der Waals surface area (Å²) in [6.07, 6.45) is 2.36. The van der Waals surface area contributed by atoms with Crippen molar-refractivity contribution >= 4 is 0 Å². The van der Waals surface area contributed by atoms with E-state index >= 15 is 0 Å². The zero-order chi connectivity index (χ0) is 12.1. The first-order valence-electron chi connectivity index (χ1n) is 6.84. The Hall–Kier alpha value is -0.160. The molecule has 0 radical (unpaired) electrons. The van der Waals surface area contributed by atoms with Crippen molar-refractivity contribution < 1.29 is 9.47 Å². The smallest absolute Gasteiger partial charge is 0.0622 e. The molecule has 4 heteroatoms. The van der Waals surface area contributed by atoms with E-state index < -0.39 is 0 Å². The van der Waals surface area contributed by atoms with Crippen molar-refractivity contribution in [1.82, 2.24) is 10.2 Å². The van der Waals surface area contributed by atoms with Crippen LogP contribution < -0.4 is 5.32 Å². The monoisotopic (exact) mass is 242 g/mol. The first kappa shape index (κ1) is 13.3. The van der Waals surface area contributed by atoms with E-state index in [1.807, 2.05) is 7.05 Å². The molecule has 1 N–H and O–H groups in total. The quantitative estimate of drug-likeness (QED) is 0.770. The van der Waals surface area contributed by atoms with Crippen molar-refractivity contribution in [2.75, 3.05) is 53.1 Å². The maximum atomic E-state index is 5.63. The van der Waals surface area contributed by atoms with Crippen molar-refractivity contribution in [3.63, 3.8) is 0 Å². The number of hydrogen-bond acceptors (Lipinski definition) is 4. The van der Waals surface area contributed by atoms with Crippen LogP contribution in [-0.4, -0.2) is 64.1 Å². The van der Waals surface area contributed by atoms with Gasteiger partial charge in [0.15, 0.2) is 0 Å². The minimum Gasteiger partial charge on any atom is -0.381 e. The highest BCUT2D eigenvalue weighted by Crippen LogP contribution is 2.30. The highest BCUT2D eigenvalue weighted by atomic mass is 16.5. The second-order valence-corrected chi connectivity index (χ2v) is 5.44. The average Bonchev–Trinajstić information content (AvgIpc) is 2.79. The van der Waals surface area contributed by atoms with Gasteiger partial charge in [0, 0.05) is 37.7 Å². The molecule has 2 aliphatic rings. The summed E-state index contributed by atoms with van der Waals surface area (Å²) < 4.78 is 11.2. The van der Waals surface area contributed by atoms with Gasteiger partial charge in [-0.15, -0.1) is 0 Å². The molecule has 0 aromatic heterocycles. The minimum absolute atomic E-state index is 0.319. The Morgan fingerprint density at radius 1 is 1.35 bits per heavy atom. The first-order chi connectivity index (χ1) is 8.29. The van der Waals surface area contributed by atoms with Crippen LogP contribution in [0.2, 0.25) is 0 Å². The molecule has 2 saturated heterocycles. The van der Waals surface area contributed by atoms with Crippen LogP contribution in [0.25, 0.3) is 0 Å². The molecule has 0 aromatic carbocycles. The number of morpholine rings is 1. The van der Waals surface area contributed by atoms with Gasteiger partial charge in [0.05, 0.1) is 19.8 Å². The Balaban J connectivity index is 1.96. The Labute approximate surface area is 105 Å². The average molecular weight is 242 g/mol. The Bertz CT molecular complexity index is 229. The third-order valence-corrected chi connectivity index (χ3v) is 4.10. The van der Waals surface area contributed by atoms with E-state index in [9.17, 15) is 0 Å². The molecular weight excluding hydrogens is 216 g/mol. The fourth-order valence-electron chi connectivity index (χ4n) is 3.05. The van der Waals surface area contributed by atoms with E-state index in [1.54, 1.807) is 0 Å². The van der Waals surface area contributed by atoms with Crippen LogP contribution in [0.1, 0.15) is 19.8 Å². The van der Waals surface area contributed by atoms with Gasteiger partial charge < -0.3 is 14.8 Å². The molecule has 2 atom stereocenters. The van der Waals surface area contributed by atoms with Gasteiger partial charge in [-0.2, -0.15) is 0 Å². The van der Waals surface area contributed by atoms with E-state index in [2.05, 4.69) is 17.1 Å². The molecule has 100 valence electrons. The molecular formula is C13H26N2O2. The van der Waals surface area contributed by atoms with Gasteiger partial charge in [-0.25, -0.2) is 0 Å². The van der Waals surface area contributed by atoms with Crippen LogP contribution in [0.4, 0.5) is 0 Å². The van der Waals surface area contributed by atoms with Crippen LogP contribution in [0.15, 0.2) is 0 Å². The van der Waals surface area contributed by atoms with Crippen molar-refractivity contribution in [1.29, 1.82) is 0 Å². The first-order valence-corrected chi connectivity index (χ1v) is 6.84. The molecule has 2 heterocycles. The Kier molecular flexibility index (Phi) is 4.79. The maximum Gasteiger partial charge on any atom is 0.0622 e. The molecule has 0 aromatic rings. The molecule has 0 amide bonds. The lowest BCUT2D eigenvalue weighted by Gasteiger charge is -2.41. The van der Waals surface area contributed by atoms with Crippen molar-refractivity contribution in [2.24, 2.45) is 5.41 Å². The molecule has 2 unspecified atom stereocenters. The molecule has 2 aliphatic heterocycles. The molecule has 2 fully saturated rings. The SMILES string of the molecule is CCC1COCCN1CC1(CNC)CCOC1. The lowest BCUT2D eigenvalue weighted by molar-refractivity contribution is -0.0292. The van der Waals surface area contributed by atoms with Gasteiger partial charge in [-0.3, -0.25) is 4.90 Å². The number of rotatable bonds is 5. The van der Waals surface area contributed by atoms with Crippen LogP contribution in [-0.2, 0) is 9.47 Å². The number of nitrogens with zero attached hydrogens (tertiary/aromatic N) is 1. The molecule has 17 heavy (non-hydrogen) atoms. The standard InChI is InChI=1S/C13H26N2O2/c1-3-12-8-16-7-5-15(12)10-13(9-14-2)4-6-17-11-13/h12,14H,3-11H2,1-2H3. The van der Waals surface area contributed by atoms with E-state index in [0.29, 0.717) is 11.5 Å². The fourth-order valence-corrected chi connectivity index (χ4v) is 3.05. The van der Waals surface area contributed by atoms with E-state index in [4.69, 9.17) is 9.47 Å². The summed E-state index contributed by atoms with van der Waals surface area (Å²) in [6.45, 7) is 9.13. The second kappa shape index (κ2) is 6.14. The molecule has 2 rings (SSSR count). The lowest BCUT2D eigenvalue weighted by atomic mass is 9.86. The van der Waals surface area contributed by atoms with Gasteiger partial charge in [-0.1, -0.05) is 6.92 Å². The summed E-state index contributed by atoms with van der Waals surface area (Å²) in [6, 6.07) is 0.595. The van der Waals surface area contributed by atoms with Gasteiger partial charge in [0.2, 0.25) is 0 Å². The Morgan fingerprint density at radius 2 is 2.24 bits per heavy atom. The predicted molar refractivity (Wildman–Crippen MR) is 68.3 cm³/mol. The summed E-state index contributed by atoms with van der Waals surface area (Å²) in [7, 11) is 2.04. The van der Waals surface area contributed by atoms with Crippen molar-refractivity contribution in [3.8, 4) is 0 Å². The third-order valence-electron chi connectivity index (χ3n) is 4.10. The highest BCUT2D eigenvalue weighted by molar-refractivity contribution is 4.90. The second-order valence-electron chi connectivity index (χ2n) is 5.44. The van der Waals surface area contributed by atoms with E-state index in [-0.39, 0.29) is 0 Å². The molecule has 0 aliphatic carbocycles. The highest BCUT2D eigenvalue weighted by Gasteiger charge is 2.38. The maximum absolute atomic E-state index is 5.63. The summed E-state index contributed by atoms with van der Waals surface area (Å²) in [4.78, 5) is 2.61. The lowest BCUT2D eigenvalue weighted by Crippen LogP contribution is -2.52. The predicted octanol–water partition coefficient (Wildman–Crippen LogP) is 0.723. The van der Waals surface area contributed by atoms with E-state index in [1.165, 1.54) is 12.8 Å². The van der Waals surface area contributed by atoms with E-state index in [0.717, 1.165) is 46.1 Å². The Morgan fingerprint density at radius 3 is 2.88 bits per heavy atom. The van der Waals surface area contributed by atoms with Crippen LogP contribution in [0.5, 0.6) is 0 Å². The topological polar surface area (TPSA) is 33.7 Å². The molecule has 0 saturated carbocycles. The molecule has 0 spiro atoms. The minimum atomic E-state index is 0.319. The number of nitrogens with one attached hydrogen (secondary N) is 1. The molecule has 4 nitrogen and oxygen atoms in total. The van der Waals surface area contributed by atoms with Gasteiger partial charge in [0.1, 0.15) is 0 Å². The molecule has 0 bridgehead atoms. The zero-order valence-electron chi connectivity index (χ0n) is 11.2. The number of hydrogen-bond donors (Lipinski definition) is 1. The summed E-state index contributed by atoms with van der Waals surface area (Å²) in [5.74, 6) is 0. The van der Waals surface area contributed by atoms with Crippen LogP contribution >= 0.6 is 0 Å². The van der Waals surface area contributed by atoms with Crippen LogP contribution in [0, 0.1) is 5.41 Å². The third kappa shape index (κ3) is 3.19. The fraction of sp³-hybridized carbons (Fsp3) is 1.00. The largest absolute Gasteiger partial charge is 0.381 e.